The predicted octanol–water partition coefficient (Wildman–Crippen LogP) is 4.34. The van der Waals surface area contributed by atoms with Crippen molar-refractivity contribution >= 4 is 52.8 Å². The van der Waals surface area contributed by atoms with Crippen LogP contribution in [0.4, 0.5) is 16.2 Å². The van der Waals surface area contributed by atoms with Crippen molar-refractivity contribution in [3.05, 3.63) is 88.5 Å². The molecule has 0 bridgehead atoms. The van der Waals surface area contributed by atoms with Crippen LogP contribution in [0.15, 0.2) is 72.3 Å². The summed E-state index contributed by atoms with van der Waals surface area (Å²) in [5.41, 5.74) is 2.18. The number of carbonyl (C=O) groups excluding carboxylic acids is 4. The average molecular weight is 520 g/mol. The molecular formula is C27H22ClN3O6. The van der Waals surface area contributed by atoms with E-state index in [9.17, 15) is 19.2 Å². The first-order chi connectivity index (χ1) is 17.7. The molecule has 4 rings (SSSR count). The number of urea groups is 1. The number of rotatable bonds is 7. The van der Waals surface area contributed by atoms with Crippen LogP contribution in [-0.4, -0.2) is 37.5 Å². The summed E-state index contributed by atoms with van der Waals surface area (Å²) in [5.74, 6) is -1.39. The summed E-state index contributed by atoms with van der Waals surface area (Å²) in [4.78, 5) is 50.9. The quantitative estimate of drug-likeness (QED) is 0.354. The average Bonchev–Trinajstić information content (AvgIpc) is 2.88. The number of nitrogens with one attached hydrogen (secondary N) is 2. The largest absolute Gasteiger partial charge is 0.493 e. The number of imide groups is 2. The summed E-state index contributed by atoms with van der Waals surface area (Å²) >= 11 is 5.89. The maximum absolute atomic E-state index is 13.0. The van der Waals surface area contributed by atoms with Crippen LogP contribution >= 0.6 is 11.6 Å². The standard InChI is InChI=1S/C27H22ClN3O6/c1-16-3-8-19(9-4-16)29-24(32)15-37-22-12-5-17(14-23(22)36-2)13-21-25(33)30-27(35)31(26(21)34)20-10-6-18(28)7-11-20/h3-14H,15H2,1-2H3,(H,29,32)(H,30,33,35)/b21-13+. The molecule has 0 unspecified atom stereocenters. The minimum Gasteiger partial charge on any atom is -0.493 e. The lowest BCUT2D eigenvalue weighted by atomic mass is 10.1. The molecule has 0 saturated carbocycles. The van der Waals surface area contributed by atoms with E-state index in [0.29, 0.717) is 22.0 Å². The van der Waals surface area contributed by atoms with E-state index < -0.39 is 17.8 Å². The van der Waals surface area contributed by atoms with Crippen LogP contribution in [0.25, 0.3) is 6.08 Å². The second kappa shape index (κ2) is 11.0. The predicted molar refractivity (Wildman–Crippen MR) is 139 cm³/mol. The molecule has 5 amide bonds. The number of hydrogen-bond donors (Lipinski definition) is 2. The molecule has 10 heteroatoms. The highest BCUT2D eigenvalue weighted by atomic mass is 35.5. The van der Waals surface area contributed by atoms with Gasteiger partial charge in [-0.15, -0.1) is 0 Å². The Kier molecular flexibility index (Phi) is 7.55. The minimum absolute atomic E-state index is 0.247. The number of hydrogen-bond acceptors (Lipinski definition) is 6. The van der Waals surface area contributed by atoms with E-state index in [1.807, 2.05) is 19.1 Å². The molecule has 37 heavy (non-hydrogen) atoms. The molecule has 188 valence electrons. The Morgan fingerprint density at radius 2 is 1.70 bits per heavy atom. The molecule has 3 aromatic rings. The summed E-state index contributed by atoms with van der Waals surface area (Å²) in [6.45, 7) is 1.69. The molecule has 1 saturated heterocycles. The van der Waals surface area contributed by atoms with Crippen LogP contribution in [0.5, 0.6) is 11.5 Å². The van der Waals surface area contributed by atoms with Gasteiger partial charge in [0.2, 0.25) is 0 Å². The number of amides is 5. The third kappa shape index (κ3) is 5.96. The Morgan fingerprint density at radius 1 is 1.00 bits per heavy atom. The Balaban J connectivity index is 1.50. The van der Waals surface area contributed by atoms with E-state index in [1.165, 1.54) is 37.5 Å². The van der Waals surface area contributed by atoms with Gasteiger partial charge in [0, 0.05) is 10.7 Å². The van der Waals surface area contributed by atoms with Gasteiger partial charge in [0.15, 0.2) is 18.1 Å². The second-order valence-corrected chi connectivity index (χ2v) is 8.48. The van der Waals surface area contributed by atoms with E-state index >= 15 is 0 Å². The Bertz CT molecular complexity index is 1400. The lowest BCUT2D eigenvalue weighted by Crippen LogP contribution is -2.54. The second-order valence-electron chi connectivity index (χ2n) is 8.05. The van der Waals surface area contributed by atoms with Crippen molar-refractivity contribution in [2.75, 3.05) is 23.9 Å². The fraction of sp³-hybridized carbons (Fsp3) is 0.111. The maximum Gasteiger partial charge on any atom is 0.335 e. The number of methoxy groups -OCH3 is 1. The normalized spacial score (nSPS) is 14.4. The van der Waals surface area contributed by atoms with Gasteiger partial charge in [0.25, 0.3) is 17.7 Å². The van der Waals surface area contributed by atoms with Gasteiger partial charge in [-0.05, 0) is 67.1 Å². The Hall–Kier alpha value is -4.63. The number of carbonyl (C=O) groups is 4. The third-order valence-electron chi connectivity index (χ3n) is 5.38. The molecule has 1 heterocycles. The maximum atomic E-state index is 13.0. The summed E-state index contributed by atoms with van der Waals surface area (Å²) in [7, 11) is 1.42. The van der Waals surface area contributed by atoms with E-state index in [0.717, 1.165) is 10.5 Å². The fourth-order valence-corrected chi connectivity index (χ4v) is 3.65. The lowest BCUT2D eigenvalue weighted by Gasteiger charge is -2.26. The first-order valence-electron chi connectivity index (χ1n) is 11.1. The van der Waals surface area contributed by atoms with Crippen molar-refractivity contribution in [2.24, 2.45) is 0 Å². The number of anilines is 2. The molecule has 1 aliphatic heterocycles. The van der Waals surface area contributed by atoms with E-state index in [1.54, 1.807) is 30.3 Å². The van der Waals surface area contributed by atoms with Gasteiger partial charge in [-0.25, -0.2) is 9.69 Å². The molecule has 3 aromatic carbocycles. The van der Waals surface area contributed by atoms with Crippen molar-refractivity contribution in [3.63, 3.8) is 0 Å². The number of halogens is 1. The Labute approximate surface area is 217 Å². The van der Waals surface area contributed by atoms with E-state index in [4.69, 9.17) is 21.1 Å². The molecule has 9 nitrogen and oxygen atoms in total. The van der Waals surface area contributed by atoms with Crippen molar-refractivity contribution < 1.29 is 28.7 Å². The van der Waals surface area contributed by atoms with Crippen LogP contribution in [-0.2, 0) is 14.4 Å². The van der Waals surface area contributed by atoms with Crippen LogP contribution in [0.2, 0.25) is 5.02 Å². The summed E-state index contributed by atoms with van der Waals surface area (Å²) < 4.78 is 11.0. The van der Waals surface area contributed by atoms with Gasteiger partial charge in [0.05, 0.1) is 12.8 Å². The molecule has 2 N–H and O–H groups in total. The number of benzene rings is 3. The first-order valence-corrected chi connectivity index (χ1v) is 11.5. The van der Waals surface area contributed by atoms with Crippen molar-refractivity contribution in [2.45, 2.75) is 6.92 Å². The van der Waals surface area contributed by atoms with Crippen LogP contribution in [0, 0.1) is 6.92 Å². The topological polar surface area (TPSA) is 114 Å². The molecule has 0 aromatic heterocycles. The molecular weight excluding hydrogens is 498 g/mol. The zero-order valence-corrected chi connectivity index (χ0v) is 20.7. The summed E-state index contributed by atoms with van der Waals surface area (Å²) in [6, 6.07) is 17.2. The molecule has 0 radical (unpaired) electrons. The zero-order chi connectivity index (χ0) is 26.5. The third-order valence-corrected chi connectivity index (χ3v) is 5.63. The SMILES string of the molecule is COc1cc(/C=C2\C(=O)NC(=O)N(c3ccc(Cl)cc3)C2=O)ccc1OCC(=O)Nc1ccc(C)cc1. The number of ether oxygens (including phenoxy) is 2. The fourth-order valence-electron chi connectivity index (χ4n) is 3.52. The van der Waals surface area contributed by atoms with Gasteiger partial charge < -0.3 is 14.8 Å². The van der Waals surface area contributed by atoms with Gasteiger partial charge in [0.1, 0.15) is 5.57 Å². The molecule has 0 atom stereocenters. The van der Waals surface area contributed by atoms with Crippen molar-refractivity contribution in [1.29, 1.82) is 0 Å². The van der Waals surface area contributed by atoms with Crippen LogP contribution in [0.3, 0.4) is 0 Å². The highest BCUT2D eigenvalue weighted by Crippen LogP contribution is 2.30. The van der Waals surface area contributed by atoms with Gasteiger partial charge in [-0.3, -0.25) is 19.7 Å². The highest BCUT2D eigenvalue weighted by Gasteiger charge is 2.36. The summed E-state index contributed by atoms with van der Waals surface area (Å²) in [6.07, 6.45) is 1.34. The van der Waals surface area contributed by atoms with E-state index in [-0.39, 0.29) is 29.5 Å². The van der Waals surface area contributed by atoms with Crippen LogP contribution in [0.1, 0.15) is 11.1 Å². The number of barbiturate groups is 1. The molecule has 1 fully saturated rings. The van der Waals surface area contributed by atoms with Gasteiger partial charge in [-0.1, -0.05) is 35.4 Å². The van der Waals surface area contributed by atoms with Crippen molar-refractivity contribution in [3.8, 4) is 11.5 Å². The van der Waals surface area contributed by atoms with E-state index in [2.05, 4.69) is 10.6 Å². The number of aryl methyl sites for hydroxylation is 1. The molecule has 0 aliphatic carbocycles. The van der Waals surface area contributed by atoms with Crippen LogP contribution < -0.4 is 25.0 Å². The molecule has 0 spiro atoms. The minimum atomic E-state index is -0.861. The molecule has 1 aliphatic rings. The smallest absolute Gasteiger partial charge is 0.335 e. The van der Waals surface area contributed by atoms with Crippen molar-refractivity contribution in [1.82, 2.24) is 5.32 Å². The number of nitrogens with zero attached hydrogens (tertiary/aromatic N) is 1. The summed E-state index contributed by atoms with van der Waals surface area (Å²) in [5, 5.41) is 5.34. The monoisotopic (exact) mass is 519 g/mol. The zero-order valence-electron chi connectivity index (χ0n) is 19.9. The Morgan fingerprint density at radius 3 is 2.38 bits per heavy atom. The highest BCUT2D eigenvalue weighted by molar-refractivity contribution is 6.39. The lowest BCUT2D eigenvalue weighted by molar-refractivity contribution is -0.122. The first kappa shape index (κ1) is 25.5. The van der Waals surface area contributed by atoms with Gasteiger partial charge in [-0.2, -0.15) is 0 Å². The van der Waals surface area contributed by atoms with Gasteiger partial charge >= 0.3 is 6.03 Å².